The van der Waals surface area contributed by atoms with Gasteiger partial charge in [0.25, 0.3) is 0 Å². The van der Waals surface area contributed by atoms with Gasteiger partial charge in [0.05, 0.1) is 11.9 Å². The van der Waals surface area contributed by atoms with Gasteiger partial charge in [-0.3, -0.25) is 9.78 Å². The van der Waals surface area contributed by atoms with E-state index in [0.717, 1.165) is 17.5 Å². The van der Waals surface area contributed by atoms with E-state index in [0.29, 0.717) is 10.7 Å². The molecule has 4 saturated carbocycles. The van der Waals surface area contributed by atoms with E-state index in [2.05, 4.69) is 26.2 Å². The molecule has 0 aliphatic heterocycles. The summed E-state index contributed by atoms with van der Waals surface area (Å²) in [5.41, 5.74) is 1.04. The largest absolute Gasteiger partial charge is 0.325 e. The number of hydrogen-bond acceptors (Lipinski definition) is 2. The van der Waals surface area contributed by atoms with Crippen molar-refractivity contribution in [2.75, 3.05) is 5.32 Å². The molecule has 1 heterocycles. The summed E-state index contributed by atoms with van der Waals surface area (Å²) in [5.74, 6) is 1.81. The van der Waals surface area contributed by atoms with Gasteiger partial charge in [-0.15, -0.1) is 0 Å². The van der Waals surface area contributed by atoms with Gasteiger partial charge in [0.2, 0.25) is 5.91 Å². The van der Waals surface area contributed by atoms with Crippen molar-refractivity contribution in [2.45, 2.75) is 49.3 Å². The quantitative estimate of drug-likeness (QED) is 0.834. The van der Waals surface area contributed by atoms with Crippen molar-refractivity contribution in [3.05, 3.63) is 24.5 Å². The lowest BCUT2D eigenvalue weighted by atomic mass is 9.48. The lowest BCUT2D eigenvalue weighted by molar-refractivity contribution is -0.123. The van der Waals surface area contributed by atoms with E-state index in [1.807, 2.05) is 12.1 Å². The van der Waals surface area contributed by atoms with Crippen LogP contribution in [-0.2, 0) is 4.79 Å². The first-order valence-corrected chi connectivity index (χ1v) is 8.72. The molecule has 21 heavy (non-hydrogen) atoms. The number of hydrogen-bond donors (Lipinski definition) is 1. The van der Waals surface area contributed by atoms with Crippen molar-refractivity contribution >= 4 is 27.5 Å². The predicted octanol–water partition coefficient (Wildman–Crippen LogP) is 4.14. The molecule has 1 amide bonds. The summed E-state index contributed by atoms with van der Waals surface area (Å²) in [6.07, 6.45) is 11.8. The first kappa shape index (κ1) is 13.7. The summed E-state index contributed by atoms with van der Waals surface area (Å²) in [4.78, 5) is 16.5. The molecule has 4 heteroatoms. The van der Waals surface area contributed by atoms with Crippen molar-refractivity contribution in [3.63, 3.8) is 0 Å². The van der Waals surface area contributed by atoms with Crippen LogP contribution in [0.3, 0.4) is 0 Å². The minimum Gasteiger partial charge on any atom is -0.325 e. The third-order valence-electron chi connectivity index (χ3n) is 5.59. The van der Waals surface area contributed by atoms with Gasteiger partial charge in [-0.1, -0.05) is 15.9 Å². The summed E-state index contributed by atoms with van der Waals surface area (Å²) < 4.78 is 0.325. The molecule has 1 N–H and O–H groups in total. The van der Waals surface area contributed by atoms with Crippen LogP contribution in [0.4, 0.5) is 5.69 Å². The third-order valence-corrected chi connectivity index (χ3v) is 6.52. The SMILES string of the molecule is O=C(CC12C[C@H]3C[C@@H](CC(Br)(C3)C1)C2)Nc1cccnc1. The normalized spacial score (nSPS) is 40.2. The number of rotatable bonds is 3. The van der Waals surface area contributed by atoms with Crippen LogP contribution in [0.5, 0.6) is 0 Å². The van der Waals surface area contributed by atoms with Gasteiger partial charge in [0, 0.05) is 16.9 Å². The summed E-state index contributed by atoms with van der Waals surface area (Å²) in [7, 11) is 0. The predicted molar refractivity (Wildman–Crippen MR) is 86.3 cm³/mol. The summed E-state index contributed by atoms with van der Waals surface area (Å²) in [6.45, 7) is 0. The highest BCUT2D eigenvalue weighted by molar-refractivity contribution is 9.10. The average Bonchev–Trinajstić information content (AvgIpc) is 2.35. The smallest absolute Gasteiger partial charge is 0.224 e. The number of alkyl halides is 1. The van der Waals surface area contributed by atoms with Crippen LogP contribution >= 0.6 is 15.9 Å². The van der Waals surface area contributed by atoms with Crippen LogP contribution in [0.1, 0.15) is 44.9 Å². The zero-order chi connectivity index (χ0) is 14.5. The number of halogens is 1. The maximum Gasteiger partial charge on any atom is 0.224 e. The summed E-state index contributed by atoms with van der Waals surface area (Å²) in [5, 5.41) is 3.01. The second-order valence-corrected chi connectivity index (χ2v) is 9.26. The maximum atomic E-state index is 12.4. The Bertz CT molecular complexity index is 545. The number of nitrogens with zero attached hydrogens (tertiary/aromatic N) is 1. The van der Waals surface area contributed by atoms with Gasteiger partial charge >= 0.3 is 0 Å². The third kappa shape index (κ3) is 2.63. The molecule has 1 aromatic rings. The lowest BCUT2D eigenvalue weighted by Gasteiger charge is -2.60. The Labute approximate surface area is 134 Å². The van der Waals surface area contributed by atoms with E-state index in [1.165, 1.54) is 38.5 Å². The van der Waals surface area contributed by atoms with E-state index < -0.39 is 0 Å². The van der Waals surface area contributed by atoms with E-state index in [4.69, 9.17) is 0 Å². The number of anilines is 1. The van der Waals surface area contributed by atoms with Gasteiger partial charge in [0.15, 0.2) is 0 Å². The number of pyridine rings is 1. The Kier molecular flexibility index (Phi) is 3.14. The molecule has 5 rings (SSSR count). The number of carbonyl (C=O) groups is 1. The van der Waals surface area contributed by atoms with Crippen molar-refractivity contribution in [1.82, 2.24) is 4.98 Å². The molecule has 112 valence electrons. The van der Waals surface area contributed by atoms with Crippen molar-refractivity contribution in [1.29, 1.82) is 0 Å². The zero-order valence-electron chi connectivity index (χ0n) is 12.1. The van der Waals surface area contributed by atoms with Gasteiger partial charge in [0.1, 0.15) is 0 Å². The van der Waals surface area contributed by atoms with E-state index >= 15 is 0 Å². The average molecular weight is 349 g/mol. The molecule has 4 bridgehead atoms. The van der Waals surface area contributed by atoms with Gasteiger partial charge in [-0.05, 0) is 67.9 Å². The molecule has 0 unspecified atom stereocenters. The topological polar surface area (TPSA) is 42.0 Å². The number of carbonyl (C=O) groups excluding carboxylic acids is 1. The van der Waals surface area contributed by atoms with E-state index in [9.17, 15) is 4.79 Å². The monoisotopic (exact) mass is 348 g/mol. The Morgan fingerprint density at radius 1 is 1.33 bits per heavy atom. The minimum absolute atomic E-state index is 0.154. The number of aromatic nitrogens is 1. The molecular formula is C17H21BrN2O. The van der Waals surface area contributed by atoms with Crippen LogP contribution < -0.4 is 5.32 Å². The molecule has 4 aliphatic rings. The Morgan fingerprint density at radius 3 is 2.71 bits per heavy atom. The molecule has 2 atom stereocenters. The molecule has 1 aromatic heterocycles. The van der Waals surface area contributed by atoms with E-state index in [1.54, 1.807) is 12.4 Å². The zero-order valence-corrected chi connectivity index (χ0v) is 13.7. The van der Waals surface area contributed by atoms with Gasteiger partial charge < -0.3 is 5.32 Å². The van der Waals surface area contributed by atoms with Crippen LogP contribution in [0.2, 0.25) is 0 Å². The fourth-order valence-electron chi connectivity index (χ4n) is 5.53. The first-order valence-electron chi connectivity index (χ1n) is 7.93. The number of amides is 1. The highest BCUT2D eigenvalue weighted by Crippen LogP contribution is 2.65. The van der Waals surface area contributed by atoms with Crippen molar-refractivity contribution in [2.24, 2.45) is 17.3 Å². The Morgan fingerprint density at radius 2 is 2.10 bits per heavy atom. The molecule has 4 fully saturated rings. The second-order valence-electron chi connectivity index (χ2n) is 7.58. The fraction of sp³-hybridized carbons (Fsp3) is 0.647. The summed E-state index contributed by atoms with van der Waals surface area (Å²) >= 11 is 4.01. The van der Waals surface area contributed by atoms with Crippen molar-refractivity contribution < 1.29 is 4.79 Å². The molecular weight excluding hydrogens is 328 g/mol. The van der Waals surface area contributed by atoms with E-state index in [-0.39, 0.29) is 11.3 Å². The molecule has 0 radical (unpaired) electrons. The van der Waals surface area contributed by atoms with Crippen LogP contribution in [-0.4, -0.2) is 15.2 Å². The molecule has 0 spiro atoms. The standard InChI is InChI=1S/C17H21BrN2O/c18-17-7-12-4-13(8-17)6-16(5-12,11-17)9-15(21)20-14-2-1-3-19-10-14/h1-3,10,12-13H,4-9,11H2,(H,20,21)/t12-,13-,16?,17?/m1/s1. The Hall–Kier alpha value is -0.900. The second kappa shape index (κ2) is 4.80. The fourth-order valence-corrected chi connectivity index (χ4v) is 7.04. The maximum absolute atomic E-state index is 12.4. The first-order chi connectivity index (χ1) is 10.0. The number of nitrogens with one attached hydrogen (secondary N) is 1. The lowest BCUT2D eigenvalue weighted by Crippen LogP contribution is -2.53. The molecule has 4 aliphatic carbocycles. The van der Waals surface area contributed by atoms with Gasteiger partial charge in [-0.25, -0.2) is 0 Å². The molecule has 0 aromatic carbocycles. The Balaban J connectivity index is 1.48. The molecule has 3 nitrogen and oxygen atoms in total. The van der Waals surface area contributed by atoms with Crippen molar-refractivity contribution in [3.8, 4) is 0 Å². The highest BCUT2D eigenvalue weighted by atomic mass is 79.9. The summed E-state index contributed by atoms with van der Waals surface area (Å²) in [6, 6.07) is 3.75. The minimum atomic E-state index is 0.154. The van der Waals surface area contributed by atoms with Gasteiger partial charge in [-0.2, -0.15) is 0 Å². The van der Waals surface area contributed by atoms with Crippen LogP contribution in [0, 0.1) is 17.3 Å². The molecule has 0 saturated heterocycles. The highest BCUT2D eigenvalue weighted by Gasteiger charge is 2.57. The van der Waals surface area contributed by atoms with Crippen LogP contribution in [0.25, 0.3) is 0 Å². The van der Waals surface area contributed by atoms with Crippen LogP contribution in [0.15, 0.2) is 24.5 Å².